The highest BCUT2D eigenvalue weighted by atomic mass is 14.2. The third-order valence-corrected chi connectivity index (χ3v) is 7.86. The van der Waals surface area contributed by atoms with Gasteiger partial charge in [0.15, 0.2) is 0 Å². The minimum atomic E-state index is 1.26. The Kier molecular flexibility index (Phi) is 5.34. The maximum atomic E-state index is 2.35. The summed E-state index contributed by atoms with van der Waals surface area (Å²) in [5, 5.41) is 7.72. The van der Waals surface area contributed by atoms with E-state index in [4.69, 9.17) is 0 Å². The van der Waals surface area contributed by atoms with Crippen LogP contribution in [0.25, 0.3) is 65.7 Å². The van der Waals surface area contributed by atoms with Crippen molar-refractivity contribution >= 4 is 32.3 Å². The molecule has 0 aliphatic heterocycles. The zero-order chi connectivity index (χ0) is 25.6. The lowest BCUT2D eigenvalue weighted by Crippen LogP contribution is -1.95. The van der Waals surface area contributed by atoms with E-state index in [-0.39, 0.29) is 0 Å². The summed E-state index contributed by atoms with van der Waals surface area (Å²) in [6.07, 6.45) is 0. The summed E-state index contributed by atoms with van der Waals surface area (Å²) in [5.41, 5.74) is 10.4. The first kappa shape index (κ1) is 22.5. The highest BCUT2D eigenvalue weighted by Gasteiger charge is 2.19. The quantitative estimate of drug-likeness (QED) is 0.219. The zero-order valence-corrected chi connectivity index (χ0v) is 21.7. The monoisotopic (exact) mass is 484 g/mol. The number of fused-ring (bicyclic) bond motifs is 3. The van der Waals surface area contributed by atoms with Crippen LogP contribution in [0, 0.1) is 13.8 Å². The first-order chi connectivity index (χ1) is 18.7. The van der Waals surface area contributed by atoms with Crippen LogP contribution in [0.1, 0.15) is 11.1 Å². The molecule has 0 fully saturated rings. The number of aryl methyl sites for hydroxylation is 2. The molecule has 0 heterocycles. The maximum Gasteiger partial charge on any atom is -0.00210 e. The second kappa shape index (κ2) is 9.01. The van der Waals surface area contributed by atoms with Gasteiger partial charge < -0.3 is 0 Å². The fourth-order valence-corrected chi connectivity index (χ4v) is 6.21. The van der Waals surface area contributed by atoms with Crippen LogP contribution in [-0.4, -0.2) is 0 Å². The van der Waals surface area contributed by atoms with Gasteiger partial charge in [0.05, 0.1) is 0 Å². The Hall–Kier alpha value is -4.68. The smallest absolute Gasteiger partial charge is 0.00210 e. The molecule has 0 saturated carbocycles. The summed E-state index contributed by atoms with van der Waals surface area (Å²) < 4.78 is 0. The Morgan fingerprint density at radius 3 is 1.42 bits per heavy atom. The second-order valence-corrected chi connectivity index (χ2v) is 10.3. The van der Waals surface area contributed by atoms with Gasteiger partial charge in [-0.1, -0.05) is 127 Å². The van der Waals surface area contributed by atoms with Crippen molar-refractivity contribution in [3.8, 4) is 33.4 Å². The third-order valence-electron chi connectivity index (χ3n) is 7.86. The molecular formula is C38H28. The van der Waals surface area contributed by atoms with Crippen LogP contribution in [0.4, 0.5) is 0 Å². The van der Waals surface area contributed by atoms with Crippen LogP contribution in [-0.2, 0) is 0 Å². The standard InChI is InChI=1S/C38H28/c1-25-22-31(27-12-4-3-5-13-27)23-26(2)36(25)38-34-18-10-8-16-32(34)37(33-17-9-11-19-35(33)38)30-21-20-28-14-6-7-15-29(28)24-30/h3-24H,1-2H3. The first-order valence-electron chi connectivity index (χ1n) is 13.3. The lowest BCUT2D eigenvalue weighted by atomic mass is 9.82. The van der Waals surface area contributed by atoms with E-state index < -0.39 is 0 Å². The van der Waals surface area contributed by atoms with Crippen molar-refractivity contribution < 1.29 is 0 Å². The molecule has 0 N–H and O–H groups in total. The van der Waals surface area contributed by atoms with Crippen LogP contribution in [0.15, 0.2) is 133 Å². The number of hydrogen-bond donors (Lipinski definition) is 0. The molecule has 0 unspecified atom stereocenters. The predicted octanol–water partition coefficient (Wildman–Crippen LogP) is 10.8. The average Bonchev–Trinajstić information content (AvgIpc) is 2.96. The Labute approximate surface area is 223 Å². The summed E-state index contributed by atoms with van der Waals surface area (Å²) in [6.45, 7) is 4.52. The second-order valence-electron chi connectivity index (χ2n) is 10.3. The lowest BCUT2D eigenvalue weighted by molar-refractivity contribution is 1.39. The Balaban J connectivity index is 1.56. The molecule has 0 heteroatoms. The van der Waals surface area contributed by atoms with Gasteiger partial charge in [0, 0.05) is 0 Å². The number of hydrogen-bond acceptors (Lipinski definition) is 0. The highest BCUT2D eigenvalue weighted by molar-refractivity contribution is 6.22. The molecular weight excluding hydrogens is 456 g/mol. The SMILES string of the molecule is Cc1cc(-c2ccccc2)cc(C)c1-c1c2ccccc2c(-c2ccc3ccccc3c2)c2ccccc12. The lowest BCUT2D eigenvalue weighted by Gasteiger charge is -2.21. The fourth-order valence-electron chi connectivity index (χ4n) is 6.21. The normalized spacial score (nSPS) is 11.4. The van der Waals surface area contributed by atoms with Crippen LogP contribution in [0.3, 0.4) is 0 Å². The number of benzene rings is 7. The van der Waals surface area contributed by atoms with Gasteiger partial charge in [-0.2, -0.15) is 0 Å². The molecule has 7 aromatic rings. The van der Waals surface area contributed by atoms with Crippen molar-refractivity contribution in [2.75, 3.05) is 0 Å². The van der Waals surface area contributed by atoms with Crippen molar-refractivity contribution in [2.45, 2.75) is 13.8 Å². The van der Waals surface area contributed by atoms with Crippen molar-refractivity contribution in [1.29, 1.82) is 0 Å². The van der Waals surface area contributed by atoms with Crippen molar-refractivity contribution in [2.24, 2.45) is 0 Å². The largest absolute Gasteiger partial charge is 0.0622 e. The molecule has 0 saturated heterocycles. The van der Waals surface area contributed by atoms with E-state index in [2.05, 4.69) is 147 Å². The van der Waals surface area contributed by atoms with Gasteiger partial charge in [-0.3, -0.25) is 0 Å². The van der Waals surface area contributed by atoms with Gasteiger partial charge in [-0.15, -0.1) is 0 Å². The Bertz CT molecular complexity index is 1900. The third kappa shape index (κ3) is 3.61. The molecule has 7 rings (SSSR count). The minimum Gasteiger partial charge on any atom is -0.0622 e. The van der Waals surface area contributed by atoms with E-state index in [0.29, 0.717) is 0 Å². The summed E-state index contributed by atoms with van der Waals surface area (Å²) in [7, 11) is 0. The van der Waals surface area contributed by atoms with Crippen LogP contribution in [0.5, 0.6) is 0 Å². The van der Waals surface area contributed by atoms with E-state index in [9.17, 15) is 0 Å². The van der Waals surface area contributed by atoms with Gasteiger partial charge in [0.25, 0.3) is 0 Å². The van der Waals surface area contributed by atoms with Crippen molar-refractivity contribution in [3.63, 3.8) is 0 Å². The van der Waals surface area contributed by atoms with E-state index >= 15 is 0 Å². The van der Waals surface area contributed by atoms with Crippen molar-refractivity contribution in [1.82, 2.24) is 0 Å². The van der Waals surface area contributed by atoms with E-state index in [1.165, 1.54) is 76.8 Å². The van der Waals surface area contributed by atoms with Gasteiger partial charge in [0.1, 0.15) is 0 Å². The van der Waals surface area contributed by atoms with Crippen LogP contribution in [0.2, 0.25) is 0 Å². The molecule has 0 spiro atoms. The van der Waals surface area contributed by atoms with Crippen LogP contribution >= 0.6 is 0 Å². The Morgan fingerprint density at radius 2 is 0.816 bits per heavy atom. The topological polar surface area (TPSA) is 0 Å². The van der Waals surface area contributed by atoms with Crippen LogP contribution < -0.4 is 0 Å². The predicted molar refractivity (Wildman–Crippen MR) is 165 cm³/mol. The summed E-state index contributed by atoms with van der Waals surface area (Å²) in [4.78, 5) is 0. The first-order valence-corrected chi connectivity index (χ1v) is 13.3. The summed E-state index contributed by atoms with van der Waals surface area (Å²) >= 11 is 0. The molecule has 0 amide bonds. The average molecular weight is 485 g/mol. The molecule has 0 aliphatic rings. The molecule has 0 aromatic heterocycles. The molecule has 7 aromatic carbocycles. The Morgan fingerprint density at radius 1 is 0.316 bits per heavy atom. The van der Waals surface area contributed by atoms with Gasteiger partial charge >= 0.3 is 0 Å². The maximum absolute atomic E-state index is 2.35. The highest BCUT2D eigenvalue weighted by Crippen LogP contribution is 2.46. The molecule has 0 nitrogen and oxygen atoms in total. The van der Waals surface area contributed by atoms with E-state index in [1.807, 2.05) is 0 Å². The van der Waals surface area contributed by atoms with Gasteiger partial charge in [-0.05, 0) is 96.7 Å². The number of rotatable bonds is 3. The molecule has 0 aliphatic carbocycles. The summed E-state index contributed by atoms with van der Waals surface area (Å²) in [6, 6.07) is 48.7. The van der Waals surface area contributed by atoms with E-state index in [0.717, 1.165) is 0 Å². The molecule has 0 bridgehead atoms. The van der Waals surface area contributed by atoms with E-state index in [1.54, 1.807) is 0 Å². The molecule has 38 heavy (non-hydrogen) atoms. The molecule has 0 radical (unpaired) electrons. The zero-order valence-electron chi connectivity index (χ0n) is 21.7. The molecule has 180 valence electrons. The van der Waals surface area contributed by atoms with Gasteiger partial charge in [-0.25, -0.2) is 0 Å². The van der Waals surface area contributed by atoms with Crippen molar-refractivity contribution in [3.05, 3.63) is 145 Å². The fraction of sp³-hybridized carbons (Fsp3) is 0.0526. The molecule has 0 atom stereocenters. The minimum absolute atomic E-state index is 1.26. The summed E-state index contributed by atoms with van der Waals surface area (Å²) in [5.74, 6) is 0. The van der Waals surface area contributed by atoms with Gasteiger partial charge in [0.2, 0.25) is 0 Å².